The van der Waals surface area contributed by atoms with Crippen molar-refractivity contribution in [2.75, 3.05) is 18.4 Å². The third-order valence-corrected chi connectivity index (χ3v) is 5.39. The number of aromatic nitrogens is 2. The van der Waals surface area contributed by atoms with Crippen molar-refractivity contribution in [1.82, 2.24) is 15.5 Å². The smallest absolute Gasteiger partial charge is 0.166 e. The Balaban J connectivity index is 1.58. The number of hydrogen-bond acceptors (Lipinski definition) is 5. The van der Waals surface area contributed by atoms with Gasteiger partial charge in [0, 0.05) is 11.6 Å². The third-order valence-electron chi connectivity index (χ3n) is 5.39. The van der Waals surface area contributed by atoms with E-state index in [0.29, 0.717) is 40.5 Å². The van der Waals surface area contributed by atoms with Crippen LogP contribution in [0, 0.1) is 35.9 Å². The minimum Gasteiger partial charge on any atom is -0.365 e. The second-order valence-corrected chi connectivity index (χ2v) is 7.05. The van der Waals surface area contributed by atoms with Crippen LogP contribution in [-0.4, -0.2) is 29.3 Å². The molecule has 1 saturated heterocycles. The number of halogens is 1. The average molecular weight is 337 g/mol. The molecule has 1 aromatic carbocycles. The summed E-state index contributed by atoms with van der Waals surface area (Å²) >= 11 is 0. The Morgan fingerprint density at radius 2 is 1.96 bits per heavy atom. The molecule has 1 saturated carbocycles. The summed E-state index contributed by atoms with van der Waals surface area (Å²) in [4.78, 5) is 0. The first kappa shape index (κ1) is 16.0. The van der Waals surface area contributed by atoms with E-state index in [1.807, 2.05) is 6.92 Å². The van der Waals surface area contributed by atoms with Crippen LogP contribution in [0.25, 0.3) is 11.3 Å². The van der Waals surface area contributed by atoms with Crippen LogP contribution in [0.5, 0.6) is 0 Å². The number of hydrogen-bond donors (Lipinski definition) is 2. The number of nitrogens with one attached hydrogen (secondary N) is 2. The van der Waals surface area contributed by atoms with Gasteiger partial charge in [-0.25, -0.2) is 4.39 Å². The van der Waals surface area contributed by atoms with E-state index in [1.54, 1.807) is 12.1 Å². The number of nitrogens with zero attached hydrogens (tertiary/aromatic N) is 3. The number of fused-ring (bicyclic) bond motifs is 1. The molecule has 6 heteroatoms. The van der Waals surface area contributed by atoms with Gasteiger partial charge in [0.05, 0.1) is 11.3 Å². The zero-order valence-electron chi connectivity index (χ0n) is 14.1. The largest absolute Gasteiger partial charge is 0.365 e. The van der Waals surface area contributed by atoms with Gasteiger partial charge in [0.25, 0.3) is 0 Å². The third kappa shape index (κ3) is 3.08. The first-order valence-electron chi connectivity index (χ1n) is 8.65. The van der Waals surface area contributed by atoms with Crippen LogP contribution in [0.1, 0.15) is 24.0 Å². The number of benzene rings is 1. The van der Waals surface area contributed by atoms with Gasteiger partial charge in [-0.2, -0.15) is 5.26 Å². The van der Waals surface area contributed by atoms with Crippen LogP contribution < -0.4 is 10.6 Å². The van der Waals surface area contributed by atoms with Crippen LogP contribution in [0.4, 0.5) is 10.2 Å². The summed E-state index contributed by atoms with van der Waals surface area (Å²) in [5, 5.41) is 24.8. The average Bonchev–Trinajstić information content (AvgIpc) is 3.19. The highest BCUT2D eigenvalue weighted by molar-refractivity contribution is 5.67. The predicted octanol–water partition coefficient (Wildman–Crippen LogP) is 2.87. The molecule has 1 aliphatic heterocycles. The highest BCUT2D eigenvalue weighted by Gasteiger charge is 2.37. The van der Waals surface area contributed by atoms with E-state index < -0.39 is 0 Å². The van der Waals surface area contributed by atoms with Crippen molar-refractivity contribution in [2.24, 2.45) is 11.8 Å². The summed E-state index contributed by atoms with van der Waals surface area (Å²) in [5.41, 5.74) is 2.53. The maximum absolute atomic E-state index is 13.5. The van der Waals surface area contributed by atoms with E-state index in [9.17, 15) is 9.65 Å². The second kappa shape index (κ2) is 6.41. The van der Waals surface area contributed by atoms with Crippen molar-refractivity contribution in [3.05, 3.63) is 41.2 Å². The topological polar surface area (TPSA) is 73.6 Å². The van der Waals surface area contributed by atoms with Gasteiger partial charge < -0.3 is 10.6 Å². The molecule has 5 nitrogen and oxygen atoms in total. The Morgan fingerprint density at radius 1 is 1.20 bits per heavy atom. The first-order valence-corrected chi connectivity index (χ1v) is 8.65. The fourth-order valence-electron chi connectivity index (χ4n) is 4.06. The molecule has 4 rings (SSSR count). The number of aryl methyl sites for hydroxylation is 1. The molecule has 2 fully saturated rings. The van der Waals surface area contributed by atoms with Gasteiger partial charge in [-0.05, 0) is 68.5 Å². The van der Waals surface area contributed by atoms with Gasteiger partial charge in [-0.1, -0.05) is 6.07 Å². The Morgan fingerprint density at radius 3 is 2.68 bits per heavy atom. The Labute approximate surface area is 146 Å². The molecule has 0 radical (unpaired) electrons. The van der Waals surface area contributed by atoms with Crippen molar-refractivity contribution < 1.29 is 4.39 Å². The summed E-state index contributed by atoms with van der Waals surface area (Å²) in [7, 11) is 0. The lowest BCUT2D eigenvalue weighted by molar-refractivity contribution is 0.494. The van der Waals surface area contributed by atoms with Crippen LogP contribution >= 0.6 is 0 Å². The molecule has 2 aliphatic rings. The summed E-state index contributed by atoms with van der Waals surface area (Å²) < 4.78 is 13.5. The van der Waals surface area contributed by atoms with E-state index in [1.165, 1.54) is 12.1 Å². The zero-order chi connectivity index (χ0) is 17.4. The second-order valence-electron chi connectivity index (χ2n) is 7.05. The lowest BCUT2D eigenvalue weighted by Gasteiger charge is -2.15. The van der Waals surface area contributed by atoms with Crippen LogP contribution in [0.2, 0.25) is 0 Å². The van der Waals surface area contributed by atoms with Gasteiger partial charge in [-0.3, -0.25) is 0 Å². The molecular weight excluding hydrogens is 317 g/mol. The van der Waals surface area contributed by atoms with Crippen LogP contribution in [-0.2, 0) is 0 Å². The van der Waals surface area contributed by atoms with E-state index in [-0.39, 0.29) is 5.82 Å². The van der Waals surface area contributed by atoms with Crippen molar-refractivity contribution in [3.8, 4) is 17.3 Å². The van der Waals surface area contributed by atoms with E-state index in [4.69, 9.17) is 0 Å². The van der Waals surface area contributed by atoms with Gasteiger partial charge in [0.15, 0.2) is 5.82 Å². The summed E-state index contributed by atoms with van der Waals surface area (Å²) in [5.74, 6) is 1.63. The Kier molecular flexibility index (Phi) is 4.10. The molecule has 128 valence electrons. The molecular formula is C19H20FN5. The lowest BCUT2D eigenvalue weighted by atomic mass is 10.0. The Bertz CT molecular complexity index is 832. The van der Waals surface area contributed by atoms with Gasteiger partial charge in [0.1, 0.15) is 11.9 Å². The van der Waals surface area contributed by atoms with Gasteiger partial charge in [-0.15, -0.1) is 10.2 Å². The van der Waals surface area contributed by atoms with E-state index in [2.05, 4.69) is 26.9 Å². The Hall–Kier alpha value is -2.52. The summed E-state index contributed by atoms with van der Waals surface area (Å²) in [6, 6.07) is 8.77. The number of rotatable bonds is 3. The number of anilines is 1. The molecule has 1 aliphatic carbocycles. The minimum absolute atomic E-state index is 0.325. The van der Waals surface area contributed by atoms with E-state index in [0.717, 1.165) is 31.5 Å². The van der Waals surface area contributed by atoms with Crippen molar-refractivity contribution in [1.29, 1.82) is 5.26 Å². The molecule has 2 N–H and O–H groups in total. The van der Waals surface area contributed by atoms with Crippen molar-refractivity contribution >= 4 is 5.82 Å². The molecule has 0 amide bonds. The predicted molar refractivity (Wildman–Crippen MR) is 93.4 cm³/mol. The monoisotopic (exact) mass is 337 g/mol. The highest BCUT2D eigenvalue weighted by atomic mass is 19.1. The standard InChI is InChI=1S/C19H20FN5/c1-11-2-3-15(20)7-17(11)18-6-12(8-21)19(25-24-18)23-16-4-13-9-22-10-14(13)5-16/h2-3,6-7,13-14,16,22H,4-5,9-10H2,1H3,(H,23,25). The molecule has 2 heterocycles. The van der Waals surface area contributed by atoms with Crippen molar-refractivity contribution in [2.45, 2.75) is 25.8 Å². The van der Waals surface area contributed by atoms with Gasteiger partial charge >= 0.3 is 0 Å². The maximum atomic E-state index is 13.5. The highest BCUT2D eigenvalue weighted by Crippen LogP contribution is 2.36. The fourth-order valence-corrected chi connectivity index (χ4v) is 4.06. The first-order chi connectivity index (χ1) is 12.1. The molecule has 0 spiro atoms. The maximum Gasteiger partial charge on any atom is 0.166 e. The summed E-state index contributed by atoms with van der Waals surface area (Å²) in [6.45, 7) is 4.05. The van der Waals surface area contributed by atoms with Crippen LogP contribution in [0.3, 0.4) is 0 Å². The quantitative estimate of drug-likeness (QED) is 0.901. The molecule has 2 atom stereocenters. The molecule has 25 heavy (non-hydrogen) atoms. The van der Waals surface area contributed by atoms with Crippen molar-refractivity contribution in [3.63, 3.8) is 0 Å². The minimum atomic E-state index is -0.325. The number of nitriles is 1. The van der Waals surface area contributed by atoms with Gasteiger partial charge in [0.2, 0.25) is 0 Å². The molecule has 1 aromatic heterocycles. The SMILES string of the molecule is Cc1ccc(F)cc1-c1cc(C#N)c(NC2CC3CNCC3C2)nn1. The summed E-state index contributed by atoms with van der Waals surface area (Å²) in [6.07, 6.45) is 2.18. The fraction of sp³-hybridized carbons (Fsp3) is 0.421. The molecule has 2 unspecified atom stereocenters. The molecule has 2 aromatic rings. The lowest BCUT2D eigenvalue weighted by Crippen LogP contribution is -2.21. The normalized spacial score (nSPS) is 24.8. The van der Waals surface area contributed by atoms with Crippen LogP contribution in [0.15, 0.2) is 24.3 Å². The van der Waals surface area contributed by atoms with E-state index >= 15 is 0 Å². The zero-order valence-corrected chi connectivity index (χ0v) is 14.1. The molecule has 0 bridgehead atoms.